The first-order valence-electron chi connectivity index (χ1n) is 7.72. The molecule has 0 radical (unpaired) electrons. The molecule has 5 nitrogen and oxygen atoms in total. The lowest BCUT2D eigenvalue weighted by molar-refractivity contribution is 0.411. The van der Waals surface area contributed by atoms with Crippen molar-refractivity contribution in [1.29, 1.82) is 0 Å². The van der Waals surface area contributed by atoms with Gasteiger partial charge in [-0.05, 0) is 52.7 Å². The highest BCUT2D eigenvalue weighted by Crippen LogP contribution is 2.28. The van der Waals surface area contributed by atoms with E-state index in [9.17, 15) is 4.79 Å². The van der Waals surface area contributed by atoms with E-state index in [0.717, 1.165) is 15.8 Å². The number of ether oxygens (including phenoxy) is 1. The van der Waals surface area contributed by atoms with Crippen LogP contribution in [0.25, 0.3) is 5.65 Å². The molecule has 25 heavy (non-hydrogen) atoms. The minimum Gasteiger partial charge on any atom is -0.496 e. The Bertz CT molecular complexity index is 974. The van der Waals surface area contributed by atoms with Gasteiger partial charge in [-0.25, -0.2) is 4.98 Å². The van der Waals surface area contributed by atoms with Crippen LogP contribution in [0, 0.1) is 0 Å². The molecule has 0 saturated carbocycles. The molecule has 2 heterocycles. The van der Waals surface area contributed by atoms with Gasteiger partial charge in [0.25, 0.3) is 5.56 Å². The van der Waals surface area contributed by atoms with Crippen molar-refractivity contribution in [3.05, 3.63) is 73.7 Å². The van der Waals surface area contributed by atoms with Crippen LogP contribution in [0.5, 0.6) is 5.75 Å². The lowest BCUT2D eigenvalue weighted by atomic mass is 10.1. The van der Waals surface area contributed by atoms with Crippen molar-refractivity contribution in [1.82, 2.24) is 14.7 Å². The molecule has 0 saturated heterocycles. The van der Waals surface area contributed by atoms with Crippen LogP contribution in [0.2, 0.25) is 5.02 Å². The number of hydrogen-bond donors (Lipinski definition) is 1. The minimum absolute atomic E-state index is 0.0904. The Morgan fingerprint density at radius 1 is 1.32 bits per heavy atom. The average molecular weight is 423 g/mol. The highest BCUT2D eigenvalue weighted by atomic mass is 79.9. The smallest absolute Gasteiger partial charge is 0.258 e. The summed E-state index contributed by atoms with van der Waals surface area (Å²) in [4.78, 5) is 16.7. The monoisotopic (exact) mass is 421 g/mol. The topological polar surface area (TPSA) is 55.6 Å². The summed E-state index contributed by atoms with van der Waals surface area (Å²) in [5.74, 6) is 0.791. The molecule has 1 N–H and O–H groups in total. The molecule has 1 aromatic carbocycles. The third-order valence-electron chi connectivity index (χ3n) is 3.94. The second-order valence-electron chi connectivity index (χ2n) is 5.66. The van der Waals surface area contributed by atoms with Gasteiger partial charge in [-0.15, -0.1) is 0 Å². The molecule has 0 aliphatic heterocycles. The van der Waals surface area contributed by atoms with E-state index in [1.165, 1.54) is 10.5 Å². The number of nitrogens with one attached hydrogen (secondary N) is 1. The normalized spacial score (nSPS) is 12.3. The largest absolute Gasteiger partial charge is 0.496 e. The van der Waals surface area contributed by atoms with E-state index in [4.69, 9.17) is 16.3 Å². The molecular weight excluding hydrogens is 406 g/mol. The number of methoxy groups -OCH3 is 1. The number of nitrogens with zero attached hydrogens (tertiary/aromatic N) is 2. The van der Waals surface area contributed by atoms with Crippen molar-refractivity contribution in [3.63, 3.8) is 0 Å². The molecule has 3 aromatic rings. The van der Waals surface area contributed by atoms with Gasteiger partial charge >= 0.3 is 0 Å². The van der Waals surface area contributed by atoms with Gasteiger partial charge in [-0.1, -0.05) is 17.7 Å². The molecule has 1 atom stereocenters. The standard InChI is InChI=1S/C18H17BrClN3O2/c1-11(12-3-5-16(25-2)15(19)7-12)21-9-14-8-18(24)23-10-13(20)4-6-17(23)22-14/h3-8,10-11,21H,9H2,1-2H3. The first-order valence-corrected chi connectivity index (χ1v) is 8.89. The van der Waals surface area contributed by atoms with Crippen LogP contribution >= 0.6 is 27.5 Å². The van der Waals surface area contributed by atoms with Gasteiger partial charge in [0.1, 0.15) is 11.4 Å². The average Bonchev–Trinajstić information content (AvgIpc) is 2.60. The van der Waals surface area contributed by atoms with Gasteiger partial charge in [0.05, 0.1) is 22.3 Å². The zero-order valence-electron chi connectivity index (χ0n) is 13.8. The third-order valence-corrected chi connectivity index (χ3v) is 4.79. The molecule has 130 valence electrons. The van der Waals surface area contributed by atoms with Crippen LogP contribution in [-0.2, 0) is 6.54 Å². The van der Waals surface area contributed by atoms with E-state index in [1.807, 2.05) is 18.2 Å². The fraction of sp³-hybridized carbons (Fsp3) is 0.222. The maximum absolute atomic E-state index is 12.2. The van der Waals surface area contributed by atoms with Gasteiger partial charge in [0, 0.05) is 24.8 Å². The summed E-state index contributed by atoms with van der Waals surface area (Å²) in [7, 11) is 1.64. The lowest BCUT2D eigenvalue weighted by Gasteiger charge is -2.15. The molecule has 7 heteroatoms. The lowest BCUT2D eigenvalue weighted by Crippen LogP contribution is -2.22. The van der Waals surface area contributed by atoms with Crippen LogP contribution in [0.15, 0.2) is 51.9 Å². The maximum atomic E-state index is 12.2. The first kappa shape index (κ1) is 17.9. The van der Waals surface area contributed by atoms with Gasteiger partial charge in [-0.2, -0.15) is 0 Å². The summed E-state index contributed by atoms with van der Waals surface area (Å²) in [5, 5.41) is 3.89. The summed E-state index contributed by atoms with van der Waals surface area (Å²) in [6.07, 6.45) is 1.57. The van der Waals surface area contributed by atoms with Crippen LogP contribution in [0.3, 0.4) is 0 Å². The number of fused-ring (bicyclic) bond motifs is 1. The number of hydrogen-bond acceptors (Lipinski definition) is 4. The quantitative estimate of drug-likeness (QED) is 0.676. The van der Waals surface area contributed by atoms with E-state index < -0.39 is 0 Å². The molecule has 0 aliphatic rings. The fourth-order valence-electron chi connectivity index (χ4n) is 2.54. The van der Waals surface area contributed by atoms with Crippen molar-refractivity contribution < 1.29 is 4.74 Å². The van der Waals surface area contributed by atoms with E-state index in [1.54, 1.807) is 25.4 Å². The summed E-state index contributed by atoms with van der Waals surface area (Å²) in [6, 6.07) is 11.0. The van der Waals surface area contributed by atoms with Gasteiger partial charge in [0.15, 0.2) is 0 Å². The Morgan fingerprint density at radius 2 is 2.12 bits per heavy atom. The maximum Gasteiger partial charge on any atom is 0.258 e. The second kappa shape index (κ2) is 7.56. The number of halogens is 2. The Balaban J connectivity index is 1.77. The predicted molar refractivity (Wildman–Crippen MR) is 102 cm³/mol. The van der Waals surface area contributed by atoms with Gasteiger partial charge in [-0.3, -0.25) is 9.20 Å². The predicted octanol–water partition coefficient (Wildman–Crippen LogP) is 3.97. The molecule has 0 spiro atoms. The Kier molecular flexibility index (Phi) is 5.42. The Hall–Kier alpha value is -1.89. The number of benzene rings is 1. The Morgan fingerprint density at radius 3 is 2.84 bits per heavy atom. The van der Waals surface area contributed by atoms with Crippen LogP contribution in [-0.4, -0.2) is 16.5 Å². The molecular formula is C18H17BrClN3O2. The molecule has 0 fully saturated rings. The third kappa shape index (κ3) is 4.03. The minimum atomic E-state index is -0.149. The van der Waals surface area contributed by atoms with Gasteiger partial charge < -0.3 is 10.1 Å². The number of rotatable bonds is 5. The number of aromatic nitrogens is 2. The van der Waals surface area contributed by atoms with E-state index in [2.05, 4.69) is 33.2 Å². The SMILES string of the molecule is COc1ccc(C(C)NCc2cc(=O)n3cc(Cl)ccc3n2)cc1Br. The van der Waals surface area contributed by atoms with E-state index >= 15 is 0 Å². The summed E-state index contributed by atoms with van der Waals surface area (Å²) in [5.41, 5.74) is 2.22. The fourth-order valence-corrected chi connectivity index (χ4v) is 3.26. The summed E-state index contributed by atoms with van der Waals surface area (Å²) in [6.45, 7) is 2.54. The zero-order chi connectivity index (χ0) is 18.0. The van der Waals surface area contributed by atoms with Crippen molar-refractivity contribution in [2.45, 2.75) is 19.5 Å². The van der Waals surface area contributed by atoms with Crippen molar-refractivity contribution in [2.24, 2.45) is 0 Å². The highest BCUT2D eigenvalue weighted by Gasteiger charge is 2.09. The molecule has 0 aliphatic carbocycles. The van der Waals surface area contributed by atoms with Gasteiger partial charge in [0.2, 0.25) is 0 Å². The highest BCUT2D eigenvalue weighted by molar-refractivity contribution is 9.10. The van der Waals surface area contributed by atoms with Crippen molar-refractivity contribution in [2.75, 3.05) is 7.11 Å². The van der Waals surface area contributed by atoms with Crippen LogP contribution in [0.1, 0.15) is 24.2 Å². The number of pyridine rings is 1. The first-order chi connectivity index (χ1) is 12.0. The molecule has 1 unspecified atom stereocenters. The van der Waals surface area contributed by atoms with Crippen molar-refractivity contribution in [3.8, 4) is 5.75 Å². The van der Waals surface area contributed by atoms with Crippen molar-refractivity contribution >= 4 is 33.2 Å². The van der Waals surface area contributed by atoms with E-state index in [-0.39, 0.29) is 11.6 Å². The summed E-state index contributed by atoms with van der Waals surface area (Å²) >= 11 is 9.42. The van der Waals surface area contributed by atoms with Crippen LogP contribution in [0.4, 0.5) is 0 Å². The molecule has 0 bridgehead atoms. The molecule has 0 amide bonds. The molecule has 3 rings (SSSR count). The van der Waals surface area contributed by atoms with Crippen LogP contribution < -0.4 is 15.6 Å². The molecule has 2 aromatic heterocycles. The zero-order valence-corrected chi connectivity index (χ0v) is 16.1. The van der Waals surface area contributed by atoms with E-state index in [0.29, 0.717) is 22.9 Å². The second-order valence-corrected chi connectivity index (χ2v) is 6.95. The summed E-state index contributed by atoms with van der Waals surface area (Å²) < 4.78 is 7.59. The Labute approximate surface area is 158 Å².